The van der Waals surface area contributed by atoms with E-state index in [0.717, 1.165) is 43.2 Å². The van der Waals surface area contributed by atoms with Crippen LogP contribution in [-0.4, -0.2) is 23.4 Å². The number of aromatic nitrogens is 1. The lowest BCUT2D eigenvalue weighted by Crippen LogP contribution is -2.14. The van der Waals surface area contributed by atoms with Gasteiger partial charge in [-0.15, -0.1) is 0 Å². The van der Waals surface area contributed by atoms with Crippen LogP contribution in [0.1, 0.15) is 72.1 Å². The monoisotopic (exact) mass is 305 g/mol. The zero-order valence-electron chi connectivity index (χ0n) is 14.1. The summed E-state index contributed by atoms with van der Waals surface area (Å²) in [5, 5.41) is 0. The lowest BCUT2D eigenvalue weighted by molar-refractivity contribution is 0.0512. The fraction of sp³-hybridized carbons (Fsp3) is 0.556. The molecule has 0 aliphatic carbocycles. The van der Waals surface area contributed by atoms with E-state index in [2.05, 4.69) is 6.92 Å². The Bertz CT molecular complexity index is 541. The molecule has 0 saturated carbocycles. The van der Waals surface area contributed by atoms with Gasteiger partial charge in [0, 0.05) is 12.2 Å². The van der Waals surface area contributed by atoms with Gasteiger partial charge in [0.2, 0.25) is 0 Å². The highest BCUT2D eigenvalue weighted by molar-refractivity contribution is 5.98. The number of aldehydes is 1. The molecule has 4 nitrogen and oxygen atoms in total. The van der Waals surface area contributed by atoms with Crippen LogP contribution in [0.3, 0.4) is 0 Å². The van der Waals surface area contributed by atoms with E-state index in [1.807, 2.05) is 30.6 Å². The molecule has 0 aliphatic heterocycles. The third kappa shape index (κ3) is 4.09. The van der Waals surface area contributed by atoms with Gasteiger partial charge in [-0.05, 0) is 39.2 Å². The van der Waals surface area contributed by atoms with Gasteiger partial charge < -0.3 is 9.30 Å². The van der Waals surface area contributed by atoms with Crippen molar-refractivity contribution in [1.82, 2.24) is 4.57 Å². The molecule has 0 fully saturated rings. The van der Waals surface area contributed by atoms with E-state index < -0.39 is 5.97 Å². The Balaban J connectivity index is 3.32. The molecule has 0 radical (unpaired) electrons. The summed E-state index contributed by atoms with van der Waals surface area (Å²) < 4.78 is 7.03. The average Bonchev–Trinajstić information content (AvgIpc) is 2.78. The largest absolute Gasteiger partial charge is 0.461 e. The Morgan fingerprint density at radius 2 is 2.00 bits per heavy atom. The number of nitrogens with zero attached hydrogens (tertiary/aromatic N) is 1. The molecule has 0 aliphatic rings. The number of esters is 1. The first-order chi connectivity index (χ1) is 10.6. The standard InChI is InChI=1S/C18H27NO3/c1-5-8-10-11-15-14(4)19(12-9-6-2)17(16(15)13-20)18(21)22-7-3/h6,9,13H,5,7-8,10-12H2,1-4H3/b9-6+. The highest BCUT2D eigenvalue weighted by atomic mass is 16.5. The molecule has 0 unspecified atom stereocenters. The third-order valence-electron chi connectivity index (χ3n) is 3.83. The first-order valence-corrected chi connectivity index (χ1v) is 8.07. The van der Waals surface area contributed by atoms with Gasteiger partial charge in [0.25, 0.3) is 0 Å². The van der Waals surface area contributed by atoms with Gasteiger partial charge in [-0.25, -0.2) is 4.79 Å². The summed E-state index contributed by atoms with van der Waals surface area (Å²) in [6.07, 6.45) is 8.79. The molecule has 122 valence electrons. The van der Waals surface area contributed by atoms with Crippen molar-refractivity contribution in [2.75, 3.05) is 6.61 Å². The SMILES string of the molecule is C/C=C/Cn1c(C)c(CCCCC)c(C=O)c1C(=O)OCC. The van der Waals surface area contributed by atoms with Crippen LogP contribution in [0.5, 0.6) is 0 Å². The van der Waals surface area contributed by atoms with E-state index in [1.54, 1.807) is 6.92 Å². The van der Waals surface area contributed by atoms with E-state index >= 15 is 0 Å². The molecule has 4 heteroatoms. The van der Waals surface area contributed by atoms with Crippen LogP contribution in [0.4, 0.5) is 0 Å². The smallest absolute Gasteiger partial charge is 0.355 e. The lowest BCUT2D eigenvalue weighted by atomic mass is 10.0. The Morgan fingerprint density at radius 3 is 2.55 bits per heavy atom. The topological polar surface area (TPSA) is 48.3 Å². The quantitative estimate of drug-likeness (QED) is 0.299. The van der Waals surface area contributed by atoms with Crippen LogP contribution >= 0.6 is 0 Å². The summed E-state index contributed by atoms with van der Waals surface area (Å²) in [7, 11) is 0. The van der Waals surface area contributed by atoms with Gasteiger partial charge in [-0.3, -0.25) is 4.79 Å². The number of carbonyl (C=O) groups is 2. The van der Waals surface area contributed by atoms with Crippen molar-refractivity contribution >= 4 is 12.3 Å². The number of unbranched alkanes of at least 4 members (excludes halogenated alkanes) is 2. The Hall–Kier alpha value is -1.84. The normalized spacial score (nSPS) is 11.1. The summed E-state index contributed by atoms with van der Waals surface area (Å²) in [5.74, 6) is -0.418. The number of carbonyl (C=O) groups excluding carboxylic acids is 2. The molecule has 0 N–H and O–H groups in total. The average molecular weight is 305 g/mol. The van der Waals surface area contributed by atoms with Gasteiger partial charge in [-0.1, -0.05) is 31.9 Å². The second kappa shape index (κ2) is 9.23. The Morgan fingerprint density at radius 1 is 1.27 bits per heavy atom. The first-order valence-electron chi connectivity index (χ1n) is 8.07. The van der Waals surface area contributed by atoms with Gasteiger partial charge in [-0.2, -0.15) is 0 Å². The highest BCUT2D eigenvalue weighted by Gasteiger charge is 2.25. The van der Waals surface area contributed by atoms with Crippen LogP contribution < -0.4 is 0 Å². The number of rotatable bonds is 9. The summed E-state index contributed by atoms with van der Waals surface area (Å²) in [5.41, 5.74) is 2.85. The number of hydrogen-bond acceptors (Lipinski definition) is 3. The molecule has 0 spiro atoms. The second-order valence-corrected chi connectivity index (χ2v) is 5.30. The lowest BCUT2D eigenvalue weighted by Gasteiger charge is -2.09. The van der Waals surface area contributed by atoms with E-state index in [-0.39, 0.29) is 0 Å². The molecule has 0 bridgehead atoms. The molecule has 0 saturated heterocycles. The first kappa shape index (κ1) is 18.2. The molecule has 22 heavy (non-hydrogen) atoms. The fourth-order valence-electron chi connectivity index (χ4n) is 2.67. The molecular formula is C18H27NO3. The molecule has 1 aromatic heterocycles. The zero-order valence-corrected chi connectivity index (χ0v) is 14.1. The van der Waals surface area contributed by atoms with Crippen LogP contribution in [0.25, 0.3) is 0 Å². The Kier molecular flexibility index (Phi) is 7.64. The maximum Gasteiger partial charge on any atom is 0.355 e. The number of allylic oxidation sites excluding steroid dienone is 2. The summed E-state index contributed by atoms with van der Waals surface area (Å²) in [6, 6.07) is 0. The van der Waals surface area contributed by atoms with Crippen LogP contribution in [0, 0.1) is 6.92 Å². The molecule has 0 aromatic carbocycles. The van der Waals surface area contributed by atoms with Crippen LogP contribution in [0.15, 0.2) is 12.2 Å². The van der Waals surface area contributed by atoms with E-state index in [9.17, 15) is 9.59 Å². The van der Waals surface area contributed by atoms with Crippen molar-refractivity contribution in [2.24, 2.45) is 0 Å². The van der Waals surface area contributed by atoms with Crippen molar-refractivity contribution in [1.29, 1.82) is 0 Å². The van der Waals surface area contributed by atoms with Crippen molar-refractivity contribution < 1.29 is 14.3 Å². The Labute approximate surface area is 133 Å². The molecule has 1 heterocycles. The van der Waals surface area contributed by atoms with Gasteiger partial charge >= 0.3 is 5.97 Å². The number of hydrogen-bond donors (Lipinski definition) is 0. The molecule has 0 amide bonds. The summed E-state index contributed by atoms with van der Waals surface area (Å²) >= 11 is 0. The van der Waals surface area contributed by atoms with Crippen LogP contribution in [0.2, 0.25) is 0 Å². The molecule has 1 aromatic rings. The maximum absolute atomic E-state index is 12.3. The summed E-state index contributed by atoms with van der Waals surface area (Å²) in [4.78, 5) is 23.9. The van der Waals surface area contributed by atoms with Crippen molar-refractivity contribution in [3.63, 3.8) is 0 Å². The van der Waals surface area contributed by atoms with E-state index in [0.29, 0.717) is 24.4 Å². The predicted molar refractivity (Wildman–Crippen MR) is 88.6 cm³/mol. The minimum Gasteiger partial charge on any atom is -0.461 e. The fourth-order valence-corrected chi connectivity index (χ4v) is 2.67. The van der Waals surface area contributed by atoms with Crippen molar-refractivity contribution in [3.05, 3.63) is 34.7 Å². The van der Waals surface area contributed by atoms with Gasteiger partial charge in [0.05, 0.1) is 12.2 Å². The third-order valence-corrected chi connectivity index (χ3v) is 3.83. The van der Waals surface area contributed by atoms with Gasteiger partial charge in [0.15, 0.2) is 6.29 Å². The minimum absolute atomic E-state index is 0.302. The zero-order chi connectivity index (χ0) is 16.5. The van der Waals surface area contributed by atoms with Gasteiger partial charge in [0.1, 0.15) is 5.69 Å². The second-order valence-electron chi connectivity index (χ2n) is 5.30. The van der Waals surface area contributed by atoms with Crippen LogP contribution in [-0.2, 0) is 17.7 Å². The molecule has 0 atom stereocenters. The minimum atomic E-state index is -0.418. The summed E-state index contributed by atoms with van der Waals surface area (Å²) in [6.45, 7) is 8.70. The van der Waals surface area contributed by atoms with E-state index in [1.165, 1.54) is 0 Å². The van der Waals surface area contributed by atoms with E-state index in [4.69, 9.17) is 4.74 Å². The number of ether oxygens (including phenoxy) is 1. The highest BCUT2D eigenvalue weighted by Crippen LogP contribution is 2.25. The predicted octanol–water partition coefficient (Wildman–Crippen LogP) is 4.09. The molecule has 1 rings (SSSR count). The molecular weight excluding hydrogens is 278 g/mol. The van der Waals surface area contributed by atoms with Crippen molar-refractivity contribution in [3.8, 4) is 0 Å². The maximum atomic E-state index is 12.3. The van der Waals surface area contributed by atoms with Crippen molar-refractivity contribution in [2.45, 2.75) is 59.9 Å².